The van der Waals surface area contributed by atoms with E-state index in [2.05, 4.69) is 15.6 Å². The van der Waals surface area contributed by atoms with Gasteiger partial charge in [-0.2, -0.15) is 0 Å². The molecule has 0 unspecified atom stereocenters. The maximum Gasteiger partial charge on any atom is 0.257 e. The van der Waals surface area contributed by atoms with Gasteiger partial charge >= 0.3 is 0 Å². The number of ether oxygens (including phenoxy) is 1. The zero-order valence-electron chi connectivity index (χ0n) is 15.2. The first kappa shape index (κ1) is 19.3. The van der Waals surface area contributed by atoms with E-state index < -0.39 is 17.5 Å². The van der Waals surface area contributed by atoms with Crippen LogP contribution in [0.1, 0.15) is 15.9 Å². The third kappa shape index (κ3) is 5.03. The van der Waals surface area contributed by atoms with E-state index in [1.807, 2.05) is 24.3 Å². The summed E-state index contributed by atoms with van der Waals surface area (Å²) in [6.07, 6.45) is 3.74. The summed E-state index contributed by atoms with van der Waals surface area (Å²) in [5.41, 5.74) is 1.94. The van der Waals surface area contributed by atoms with Gasteiger partial charge in [0.25, 0.3) is 5.91 Å². The first-order valence-corrected chi connectivity index (χ1v) is 8.63. The Labute approximate surface area is 161 Å². The largest absolute Gasteiger partial charge is 0.497 e. The molecule has 1 heterocycles. The van der Waals surface area contributed by atoms with Gasteiger partial charge in [-0.3, -0.25) is 9.78 Å². The Morgan fingerprint density at radius 1 is 1.11 bits per heavy atom. The average Bonchev–Trinajstić information content (AvgIpc) is 2.70. The molecule has 1 aromatic heterocycles. The lowest BCUT2D eigenvalue weighted by Gasteiger charge is -2.10. The van der Waals surface area contributed by atoms with E-state index in [0.29, 0.717) is 18.3 Å². The van der Waals surface area contributed by atoms with Crippen molar-refractivity contribution in [3.8, 4) is 5.75 Å². The van der Waals surface area contributed by atoms with Gasteiger partial charge in [-0.25, -0.2) is 8.78 Å². The lowest BCUT2D eigenvalue weighted by molar-refractivity contribution is 0.102. The fourth-order valence-electron chi connectivity index (χ4n) is 2.63. The van der Waals surface area contributed by atoms with Crippen LogP contribution in [0, 0.1) is 11.6 Å². The van der Waals surface area contributed by atoms with Crippen molar-refractivity contribution in [3.63, 3.8) is 0 Å². The SMILES string of the molecule is COc1cccc(CCNc2cncc(C(=O)Nc3ccc(F)cc3F)c2)c1. The smallest absolute Gasteiger partial charge is 0.257 e. The Morgan fingerprint density at radius 3 is 2.75 bits per heavy atom. The van der Waals surface area contributed by atoms with Crippen molar-refractivity contribution in [1.82, 2.24) is 4.98 Å². The lowest BCUT2D eigenvalue weighted by Crippen LogP contribution is -2.14. The van der Waals surface area contributed by atoms with Gasteiger partial charge < -0.3 is 15.4 Å². The topological polar surface area (TPSA) is 63.2 Å². The Morgan fingerprint density at radius 2 is 1.96 bits per heavy atom. The highest BCUT2D eigenvalue weighted by Crippen LogP contribution is 2.17. The monoisotopic (exact) mass is 383 g/mol. The third-order valence-electron chi connectivity index (χ3n) is 4.06. The van der Waals surface area contributed by atoms with Crippen LogP contribution >= 0.6 is 0 Å². The van der Waals surface area contributed by atoms with Gasteiger partial charge in [0, 0.05) is 25.0 Å². The Bertz CT molecular complexity index is 979. The summed E-state index contributed by atoms with van der Waals surface area (Å²) in [4.78, 5) is 16.4. The van der Waals surface area contributed by atoms with Crippen molar-refractivity contribution in [1.29, 1.82) is 0 Å². The minimum absolute atomic E-state index is 0.0946. The number of aromatic nitrogens is 1. The van der Waals surface area contributed by atoms with Gasteiger partial charge in [0.2, 0.25) is 0 Å². The molecule has 0 saturated heterocycles. The minimum atomic E-state index is -0.839. The van der Waals surface area contributed by atoms with Crippen LogP contribution in [0.15, 0.2) is 60.9 Å². The quantitative estimate of drug-likeness (QED) is 0.639. The van der Waals surface area contributed by atoms with Crippen molar-refractivity contribution in [2.45, 2.75) is 6.42 Å². The number of carbonyl (C=O) groups is 1. The van der Waals surface area contributed by atoms with Crippen LogP contribution in [0.5, 0.6) is 5.75 Å². The van der Waals surface area contributed by atoms with E-state index in [0.717, 1.165) is 23.8 Å². The second-order valence-electron chi connectivity index (χ2n) is 6.07. The summed E-state index contributed by atoms with van der Waals surface area (Å²) in [5, 5.41) is 5.61. The zero-order valence-corrected chi connectivity index (χ0v) is 15.2. The summed E-state index contributed by atoms with van der Waals surface area (Å²) < 4.78 is 31.9. The van der Waals surface area contributed by atoms with E-state index in [4.69, 9.17) is 4.74 Å². The highest BCUT2D eigenvalue weighted by Gasteiger charge is 2.11. The van der Waals surface area contributed by atoms with Gasteiger partial charge in [-0.15, -0.1) is 0 Å². The predicted molar refractivity (Wildman–Crippen MR) is 104 cm³/mol. The minimum Gasteiger partial charge on any atom is -0.497 e. The summed E-state index contributed by atoms with van der Waals surface area (Å²) in [5.74, 6) is -1.28. The second kappa shape index (κ2) is 8.94. The van der Waals surface area contributed by atoms with Crippen LogP contribution in [-0.2, 0) is 6.42 Å². The molecule has 0 bridgehead atoms. The van der Waals surface area contributed by atoms with Crippen LogP contribution in [-0.4, -0.2) is 24.5 Å². The normalized spacial score (nSPS) is 10.4. The number of halogens is 2. The molecular formula is C21H19F2N3O2. The standard InChI is InChI=1S/C21H19F2N3O2/c1-28-18-4-2-3-14(9-18)7-8-25-17-10-15(12-24-13-17)21(27)26-20-6-5-16(22)11-19(20)23/h2-6,9-13,25H,7-8H2,1H3,(H,26,27). The van der Waals surface area contributed by atoms with E-state index in [1.54, 1.807) is 19.4 Å². The van der Waals surface area contributed by atoms with Gasteiger partial charge in [-0.05, 0) is 42.3 Å². The van der Waals surface area contributed by atoms with Crippen molar-refractivity contribution < 1.29 is 18.3 Å². The molecule has 0 saturated carbocycles. The van der Waals surface area contributed by atoms with Crippen LogP contribution in [0.4, 0.5) is 20.2 Å². The molecule has 2 N–H and O–H groups in total. The molecule has 3 rings (SSSR count). The molecule has 0 fully saturated rings. The van der Waals surface area contributed by atoms with E-state index in [-0.39, 0.29) is 11.3 Å². The van der Waals surface area contributed by atoms with E-state index in [1.165, 1.54) is 12.3 Å². The van der Waals surface area contributed by atoms with E-state index >= 15 is 0 Å². The molecule has 0 atom stereocenters. The molecular weight excluding hydrogens is 364 g/mol. The third-order valence-corrected chi connectivity index (χ3v) is 4.06. The van der Waals surface area contributed by atoms with Crippen molar-refractivity contribution in [2.24, 2.45) is 0 Å². The van der Waals surface area contributed by atoms with Crippen molar-refractivity contribution >= 4 is 17.3 Å². The van der Waals surface area contributed by atoms with E-state index in [9.17, 15) is 13.6 Å². The average molecular weight is 383 g/mol. The number of pyridine rings is 1. The highest BCUT2D eigenvalue weighted by molar-refractivity contribution is 6.04. The number of nitrogens with zero attached hydrogens (tertiary/aromatic N) is 1. The highest BCUT2D eigenvalue weighted by atomic mass is 19.1. The number of hydrogen-bond acceptors (Lipinski definition) is 4. The molecule has 28 heavy (non-hydrogen) atoms. The fraction of sp³-hybridized carbons (Fsp3) is 0.143. The van der Waals surface area contributed by atoms with Crippen molar-refractivity contribution in [3.05, 3.63) is 83.7 Å². The van der Waals surface area contributed by atoms with Crippen LogP contribution in [0.2, 0.25) is 0 Å². The Kier molecular flexibility index (Phi) is 6.16. The number of methoxy groups -OCH3 is 1. The van der Waals surface area contributed by atoms with Gasteiger partial charge in [0.1, 0.15) is 17.4 Å². The maximum atomic E-state index is 13.7. The number of anilines is 2. The number of carbonyl (C=O) groups excluding carboxylic acids is 1. The lowest BCUT2D eigenvalue weighted by atomic mass is 10.1. The van der Waals surface area contributed by atoms with Crippen LogP contribution < -0.4 is 15.4 Å². The predicted octanol–water partition coefficient (Wildman–Crippen LogP) is 4.28. The summed E-state index contributed by atoms with van der Waals surface area (Å²) in [6.45, 7) is 0.631. The molecule has 1 amide bonds. The molecule has 2 aromatic carbocycles. The first-order chi connectivity index (χ1) is 13.5. The first-order valence-electron chi connectivity index (χ1n) is 8.63. The summed E-state index contributed by atoms with van der Waals surface area (Å²) >= 11 is 0. The second-order valence-corrected chi connectivity index (χ2v) is 6.07. The number of hydrogen-bond donors (Lipinski definition) is 2. The molecule has 0 aliphatic heterocycles. The van der Waals surface area contributed by atoms with Gasteiger partial charge in [0.15, 0.2) is 0 Å². The summed E-state index contributed by atoms with van der Waals surface area (Å²) in [7, 11) is 1.62. The molecule has 5 nitrogen and oxygen atoms in total. The molecule has 0 aliphatic carbocycles. The zero-order chi connectivity index (χ0) is 19.9. The van der Waals surface area contributed by atoms with Crippen LogP contribution in [0.25, 0.3) is 0 Å². The number of nitrogens with one attached hydrogen (secondary N) is 2. The maximum absolute atomic E-state index is 13.7. The van der Waals surface area contributed by atoms with Gasteiger partial charge in [-0.1, -0.05) is 12.1 Å². The summed E-state index contributed by atoms with van der Waals surface area (Å²) in [6, 6.07) is 12.4. The number of rotatable bonds is 7. The Hall–Kier alpha value is -3.48. The van der Waals surface area contributed by atoms with Crippen molar-refractivity contribution in [2.75, 3.05) is 24.3 Å². The van der Waals surface area contributed by atoms with Crippen LogP contribution in [0.3, 0.4) is 0 Å². The molecule has 7 heteroatoms. The molecule has 144 valence electrons. The Balaban J connectivity index is 1.60. The fourth-order valence-corrected chi connectivity index (χ4v) is 2.63. The molecule has 0 aliphatic rings. The van der Waals surface area contributed by atoms with Gasteiger partial charge in [0.05, 0.1) is 24.0 Å². The molecule has 0 spiro atoms. The number of benzene rings is 2. The number of amides is 1. The molecule has 0 radical (unpaired) electrons. The molecule has 3 aromatic rings.